The number of thiol groups is 1. The van der Waals surface area contributed by atoms with Crippen LogP contribution < -0.4 is 0 Å². The Kier molecular flexibility index (Phi) is 18.6. The molecule has 3 rings (SSSR count). The minimum Gasteiger partial charge on any atom is -0.508 e. The van der Waals surface area contributed by atoms with E-state index in [-0.39, 0.29) is 29.7 Å². The summed E-state index contributed by atoms with van der Waals surface area (Å²) in [6.07, 6.45) is 8.47. The fraction of sp³-hybridized carbons (Fsp3) is 0.811. The number of carbonyl (C=O) groups is 1. The molecule has 0 amide bonds. The molecule has 5 atom stereocenters. The lowest BCUT2D eigenvalue weighted by Crippen LogP contribution is -2.42. The van der Waals surface area contributed by atoms with Crippen molar-refractivity contribution in [2.45, 2.75) is 162 Å². The van der Waals surface area contributed by atoms with Crippen molar-refractivity contribution < 1.29 is 36.6 Å². The maximum Gasteiger partial charge on any atom is 0.453 e. The topological polar surface area (TPSA) is 46.5 Å². The van der Waals surface area contributed by atoms with E-state index >= 15 is 0 Å². The maximum absolute atomic E-state index is 12.0. The van der Waals surface area contributed by atoms with E-state index in [1.165, 1.54) is 68.9 Å². The third kappa shape index (κ3) is 12.5. The Bertz CT molecular complexity index is 1010. The first kappa shape index (κ1) is 42.5. The van der Waals surface area contributed by atoms with E-state index < -0.39 is 18.5 Å². The fourth-order valence-corrected chi connectivity index (χ4v) is 7.77. The van der Waals surface area contributed by atoms with Crippen molar-refractivity contribution in [1.29, 1.82) is 0 Å². The molecule has 0 aliphatic heterocycles. The van der Waals surface area contributed by atoms with E-state index in [1.807, 2.05) is 26.0 Å². The van der Waals surface area contributed by atoms with E-state index in [4.69, 9.17) is 4.74 Å². The highest BCUT2D eigenvalue weighted by Gasteiger charge is 2.56. The van der Waals surface area contributed by atoms with Gasteiger partial charge in [-0.2, -0.15) is 34.6 Å². The molecule has 1 fully saturated rings. The van der Waals surface area contributed by atoms with Crippen LogP contribution in [0.1, 0.15) is 149 Å². The zero-order valence-corrected chi connectivity index (χ0v) is 30.2. The Morgan fingerprint density at radius 1 is 0.978 bits per heavy atom. The van der Waals surface area contributed by atoms with Crippen LogP contribution >= 0.6 is 12.6 Å². The van der Waals surface area contributed by atoms with Gasteiger partial charge in [0, 0.05) is 18.8 Å². The number of hydrogen-bond donors (Lipinski definition) is 2. The Morgan fingerprint density at radius 3 is 2.11 bits per heavy atom. The van der Waals surface area contributed by atoms with Crippen molar-refractivity contribution in [3.8, 4) is 5.75 Å². The van der Waals surface area contributed by atoms with Crippen molar-refractivity contribution in [1.82, 2.24) is 0 Å². The highest BCUT2D eigenvalue weighted by Crippen LogP contribution is 2.56. The number of benzene rings is 1. The van der Waals surface area contributed by atoms with Gasteiger partial charge in [0.15, 0.2) is 0 Å². The van der Waals surface area contributed by atoms with Gasteiger partial charge in [-0.25, -0.2) is 0 Å². The molecule has 46 heavy (non-hydrogen) atoms. The summed E-state index contributed by atoms with van der Waals surface area (Å²) in [5.74, 6) is -2.03. The van der Waals surface area contributed by atoms with Gasteiger partial charge < -0.3 is 9.84 Å². The summed E-state index contributed by atoms with van der Waals surface area (Å²) in [6.45, 7) is 14.9. The van der Waals surface area contributed by atoms with Gasteiger partial charge in [-0.05, 0) is 84.8 Å². The number of fused-ring (bicyclic) bond motifs is 1. The van der Waals surface area contributed by atoms with Crippen LogP contribution in [0.15, 0.2) is 18.2 Å². The summed E-state index contributed by atoms with van der Waals surface area (Å²) < 4.78 is 63.8. The Morgan fingerprint density at radius 2 is 1.57 bits per heavy atom. The average Bonchev–Trinajstić information content (AvgIpc) is 3.26. The van der Waals surface area contributed by atoms with E-state index in [0.717, 1.165) is 19.3 Å². The molecule has 1 saturated carbocycles. The van der Waals surface area contributed by atoms with Gasteiger partial charge in [0.05, 0.1) is 0 Å². The molecular weight excluding hydrogens is 619 g/mol. The number of phenols is 1. The molecule has 0 spiro atoms. The number of carbonyl (C=O) groups excluding carboxylic acids is 1. The summed E-state index contributed by atoms with van der Waals surface area (Å²) in [5.41, 5.74) is 2.75. The molecule has 1 N–H and O–H groups in total. The molecule has 3 unspecified atom stereocenters. The van der Waals surface area contributed by atoms with Crippen LogP contribution in [0.5, 0.6) is 5.75 Å². The fourth-order valence-electron chi connectivity index (χ4n) is 7.62. The molecule has 0 saturated heterocycles. The summed E-state index contributed by atoms with van der Waals surface area (Å²) in [7, 11) is 0. The normalized spacial score (nSPS) is 23.8. The van der Waals surface area contributed by atoms with Crippen molar-refractivity contribution in [3.05, 3.63) is 29.3 Å². The van der Waals surface area contributed by atoms with E-state index in [1.54, 1.807) is 6.92 Å². The molecule has 0 radical (unpaired) electrons. The molecule has 0 aromatic heterocycles. The Hall–Kier alpha value is -1.51. The van der Waals surface area contributed by atoms with Crippen LogP contribution in [-0.2, 0) is 16.0 Å². The SMILES string of the molecule is CC.CCCCCCCCCC[C@@H]1Cc2cc(O)ccc2C(C)C1C1CC[C@H](OC(C)=O)C1(C)C.FC(F)(F)C(F)(F)CCCS. The second-order valence-electron chi connectivity index (χ2n) is 13.6. The molecule has 3 nitrogen and oxygen atoms in total. The van der Waals surface area contributed by atoms with Crippen LogP contribution in [0.25, 0.3) is 0 Å². The number of phenolic OH excluding ortho intramolecular Hbond substituents is 1. The first-order valence-electron chi connectivity index (χ1n) is 17.6. The van der Waals surface area contributed by atoms with Crippen LogP contribution in [0, 0.1) is 23.2 Å². The van der Waals surface area contributed by atoms with Gasteiger partial charge >= 0.3 is 18.1 Å². The minimum atomic E-state index is -5.42. The number of alkyl halides is 5. The maximum atomic E-state index is 12.0. The standard InChI is InChI=1S/C30H48O3.C5H7F5S.C2H6/c1-6-7-8-9-10-11-12-13-14-23-19-24-20-25(32)15-16-26(24)21(2)29(23)27-17-18-28(30(27,4)5)33-22(3)31;6-4(7,2-1-3-11)5(8,9)10;1-2/h15-16,20-21,23,27-29,32H,6-14,17-19H2,1-5H3;11H,1-3H2;1-2H3/t21?,23-,27?,28+,29?;;/m1../s1. The molecule has 2 aliphatic rings. The number of unbranched alkanes of at least 4 members (excludes halogenated alkanes) is 7. The first-order valence-corrected chi connectivity index (χ1v) is 18.2. The van der Waals surface area contributed by atoms with Crippen LogP contribution in [0.3, 0.4) is 0 Å². The summed E-state index contributed by atoms with van der Waals surface area (Å²) >= 11 is 3.53. The van der Waals surface area contributed by atoms with Crippen LogP contribution in [0.2, 0.25) is 0 Å². The predicted octanol–water partition coefficient (Wildman–Crippen LogP) is 12.1. The Labute approximate surface area is 281 Å². The molecule has 0 bridgehead atoms. The smallest absolute Gasteiger partial charge is 0.453 e. The molecule has 1 aromatic carbocycles. The predicted molar refractivity (Wildman–Crippen MR) is 182 cm³/mol. The van der Waals surface area contributed by atoms with Gasteiger partial charge in [-0.1, -0.05) is 99.0 Å². The molecule has 2 aliphatic carbocycles. The van der Waals surface area contributed by atoms with Crippen LogP contribution in [-0.4, -0.2) is 35.0 Å². The lowest BCUT2D eigenvalue weighted by atomic mass is 9.58. The summed E-state index contributed by atoms with van der Waals surface area (Å²) in [5, 5.41) is 10.1. The largest absolute Gasteiger partial charge is 0.508 e. The van der Waals surface area contributed by atoms with Crippen molar-refractivity contribution in [2.75, 3.05) is 5.75 Å². The Balaban J connectivity index is 0.000000690. The lowest BCUT2D eigenvalue weighted by Gasteiger charge is -2.46. The van der Waals surface area contributed by atoms with Gasteiger partial charge in [-0.3, -0.25) is 4.79 Å². The zero-order chi connectivity index (χ0) is 35.1. The lowest BCUT2D eigenvalue weighted by molar-refractivity contribution is -0.284. The minimum absolute atomic E-state index is 0.00343. The quantitative estimate of drug-likeness (QED) is 0.0890. The molecule has 1 aromatic rings. The van der Waals surface area contributed by atoms with Gasteiger partial charge in [0.2, 0.25) is 0 Å². The number of aromatic hydroxyl groups is 1. The second-order valence-corrected chi connectivity index (χ2v) is 14.1. The molecule has 9 heteroatoms. The number of halogens is 5. The third-order valence-corrected chi connectivity index (χ3v) is 10.3. The van der Waals surface area contributed by atoms with E-state index in [2.05, 4.69) is 46.4 Å². The zero-order valence-electron chi connectivity index (χ0n) is 29.3. The second kappa shape index (κ2) is 20.1. The van der Waals surface area contributed by atoms with E-state index in [0.29, 0.717) is 29.4 Å². The monoisotopic (exact) mass is 680 g/mol. The van der Waals surface area contributed by atoms with Crippen molar-refractivity contribution in [3.63, 3.8) is 0 Å². The number of ether oxygens (including phenoxy) is 1. The third-order valence-electron chi connectivity index (χ3n) is 10.0. The van der Waals surface area contributed by atoms with Gasteiger partial charge in [-0.15, -0.1) is 0 Å². The van der Waals surface area contributed by atoms with Crippen LogP contribution in [0.4, 0.5) is 22.0 Å². The number of esters is 1. The number of hydrogen-bond acceptors (Lipinski definition) is 4. The van der Waals surface area contributed by atoms with E-state index in [9.17, 15) is 31.9 Å². The van der Waals surface area contributed by atoms with Gasteiger partial charge in [0.1, 0.15) is 11.9 Å². The summed E-state index contributed by atoms with van der Waals surface area (Å²) in [6, 6.07) is 6.01. The summed E-state index contributed by atoms with van der Waals surface area (Å²) in [4.78, 5) is 11.7. The number of rotatable bonds is 14. The van der Waals surface area contributed by atoms with Gasteiger partial charge in [0.25, 0.3) is 0 Å². The molecule has 0 heterocycles. The van der Waals surface area contributed by atoms with Crippen molar-refractivity contribution in [2.24, 2.45) is 23.2 Å². The average molecular weight is 681 g/mol. The highest BCUT2D eigenvalue weighted by atomic mass is 32.1. The van der Waals surface area contributed by atoms with Crippen molar-refractivity contribution >= 4 is 18.6 Å². The highest BCUT2D eigenvalue weighted by molar-refractivity contribution is 7.80. The first-order chi connectivity index (χ1) is 21.6. The molecular formula is C37H61F5O3S. The molecule has 268 valence electrons.